The smallest absolute Gasteiger partial charge is 0.265 e. The molecular weight excluding hydrogens is 290 g/mol. The van der Waals surface area contributed by atoms with Gasteiger partial charge in [0.25, 0.3) is 5.91 Å². The van der Waals surface area contributed by atoms with E-state index in [1.54, 1.807) is 24.3 Å². The third kappa shape index (κ3) is 3.22. The molecule has 0 bridgehead atoms. The van der Waals surface area contributed by atoms with Crippen molar-refractivity contribution in [1.29, 1.82) is 0 Å². The Balaban J connectivity index is 1.79. The third-order valence-corrected chi connectivity index (χ3v) is 3.46. The van der Waals surface area contributed by atoms with Gasteiger partial charge in [-0.05, 0) is 43.3 Å². The number of hydrogen-bond acceptors (Lipinski definition) is 5. The molecule has 0 saturated carbocycles. The van der Waals surface area contributed by atoms with Crippen LogP contribution in [0.2, 0.25) is 0 Å². The molecule has 0 saturated heterocycles. The normalized spacial score (nSPS) is 10.3. The SMILES string of the molecule is Cc1cc(NNc2ccc(C(=O)NN)cc2)c2ccccc2n1. The van der Waals surface area contributed by atoms with Gasteiger partial charge in [-0.1, -0.05) is 18.2 Å². The van der Waals surface area contributed by atoms with Crippen LogP contribution in [0.1, 0.15) is 16.1 Å². The molecule has 0 atom stereocenters. The summed E-state index contributed by atoms with van der Waals surface area (Å²) in [5.74, 6) is 4.79. The summed E-state index contributed by atoms with van der Waals surface area (Å²) in [5.41, 5.74) is 12.6. The first-order chi connectivity index (χ1) is 11.2. The van der Waals surface area contributed by atoms with Crippen molar-refractivity contribution in [2.45, 2.75) is 6.92 Å². The van der Waals surface area contributed by atoms with Crippen LogP contribution in [0, 0.1) is 6.92 Å². The summed E-state index contributed by atoms with van der Waals surface area (Å²) >= 11 is 0. The van der Waals surface area contributed by atoms with E-state index in [0.717, 1.165) is 28.0 Å². The van der Waals surface area contributed by atoms with Crippen LogP contribution in [0.5, 0.6) is 0 Å². The minimum Gasteiger partial charge on any atom is -0.301 e. The Bertz CT molecular complexity index is 845. The Hall–Kier alpha value is -3.12. The van der Waals surface area contributed by atoms with E-state index in [1.807, 2.05) is 37.3 Å². The van der Waals surface area contributed by atoms with Crippen molar-refractivity contribution in [1.82, 2.24) is 10.4 Å². The van der Waals surface area contributed by atoms with Crippen LogP contribution >= 0.6 is 0 Å². The molecule has 5 N–H and O–H groups in total. The fourth-order valence-electron chi connectivity index (χ4n) is 2.34. The van der Waals surface area contributed by atoms with Gasteiger partial charge in [-0.2, -0.15) is 0 Å². The van der Waals surface area contributed by atoms with Gasteiger partial charge in [0, 0.05) is 16.6 Å². The first-order valence-electron chi connectivity index (χ1n) is 7.17. The number of anilines is 2. The number of hydrazine groups is 2. The van der Waals surface area contributed by atoms with Gasteiger partial charge >= 0.3 is 0 Å². The largest absolute Gasteiger partial charge is 0.301 e. The lowest BCUT2D eigenvalue weighted by Gasteiger charge is -2.13. The average Bonchev–Trinajstić information content (AvgIpc) is 2.59. The molecule has 1 heterocycles. The monoisotopic (exact) mass is 307 g/mol. The van der Waals surface area contributed by atoms with E-state index < -0.39 is 0 Å². The number of nitrogen functional groups attached to an aromatic ring is 1. The zero-order chi connectivity index (χ0) is 16.2. The van der Waals surface area contributed by atoms with E-state index in [9.17, 15) is 4.79 Å². The van der Waals surface area contributed by atoms with Crippen LogP contribution in [0.15, 0.2) is 54.6 Å². The lowest BCUT2D eigenvalue weighted by atomic mass is 10.1. The number of para-hydroxylation sites is 1. The molecular formula is C17H17N5O. The summed E-state index contributed by atoms with van der Waals surface area (Å²) in [4.78, 5) is 15.9. The number of nitrogens with one attached hydrogen (secondary N) is 3. The van der Waals surface area contributed by atoms with Gasteiger partial charge in [0.05, 0.1) is 16.9 Å². The molecule has 1 aromatic heterocycles. The van der Waals surface area contributed by atoms with E-state index in [0.29, 0.717) is 5.56 Å². The number of aromatic nitrogens is 1. The molecule has 0 aliphatic rings. The Kier molecular flexibility index (Phi) is 4.07. The number of carbonyl (C=O) groups excluding carboxylic acids is 1. The Labute approximate surface area is 133 Å². The molecule has 0 spiro atoms. The molecule has 0 aliphatic heterocycles. The summed E-state index contributed by atoms with van der Waals surface area (Å²) in [6.45, 7) is 1.96. The number of nitrogens with two attached hydrogens (primary N) is 1. The molecule has 3 rings (SSSR count). The number of pyridine rings is 1. The van der Waals surface area contributed by atoms with Crippen molar-refractivity contribution >= 4 is 28.2 Å². The number of nitrogens with zero attached hydrogens (tertiary/aromatic N) is 1. The Morgan fingerprint density at radius 2 is 1.78 bits per heavy atom. The van der Waals surface area contributed by atoms with E-state index in [1.165, 1.54) is 0 Å². The van der Waals surface area contributed by atoms with Gasteiger partial charge in [0.1, 0.15) is 0 Å². The highest BCUT2D eigenvalue weighted by molar-refractivity contribution is 5.94. The predicted molar refractivity (Wildman–Crippen MR) is 91.8 cm³/mol. The molecule has 0 unspecified atom stereocenters. The standard InChI is InChI=1S/C17H17N5O/c1-11-10-16(14-4-2-3-5-15(14)19-11)22-21-13-8-6-12(7-9-13)17(23)20-18/h2-10,21H,18H2,1H3,(H,19,22)(H,20,23). The molecule has 0 fully saturated rings. The third-order valence-electron chi connectivity index (χ3n) is 3.46. The number of benzene rings is 2. The quantitative estimate of drug-likeness (QED) is 0.338. The maximum Gasteiger partial charge on any atom is 0.265 e. The molecule has 3 aromatic rings. The first-order valence-corrected chi connectivity index (χ1v) is 7.17. The number of hydrogen-bond donors (Lipinski definition) is 4. The number of carbonyl (C=O) groups is 1. The first kappa shape index (κ1) is 14.8. The molecule has 0 radical (unpaired) electrons. The van der Waals surface area contributed by atoms with Gasteiger partial charge in [0.15, 0.2) is 0 Å². The van der Waals surface area contributed by atoms with Crippen LogP contribution in [0.4, 0.5) is 11.4 Å². The lowest BCUT2D eigenvalue weighted by Crippen LogP contribution is -2.29. The van der Waals surface area contributed by atoms with Crippen LogP contribution in [-0.4, -0.2) is 10.9 Å². The zero-order valence-electron chi connectivity index (χ0n) is 12.6. The molecule has 6 heteroatoms. The maximum atomic E-state index is 11.4. The maximum absolute atomic E-state index is 11.4. The van der Waals surface area contributed by atoms with Gasteiger partial charge in [-0.15, -0.1) is 0 Å². The van der Waals surface area contributed by atoms with Gasteiger partial charge in [-0.3, -0.25) is 15.2 Å². The molecule has 0 aliphatic carbocycles. The summed E-state index contributed by atoms with van der Waals surface area (Å²) < 4.78 is 0. The zero-order valence-corrected chi connectivity index (χ0v) is 12.6. The second-order valence-electron chi connectivity index (χ2n) is 5.13. The highest BCUT2D eigenvalue weighted by Gasteiger charge is 2.04. The van der Waals surface area contributed by atoms with Crippen LogP contribution in [0.3, 0.4) is 0 Å². The lowest BCUT2D eigenvalue weighted by molar-refractivity contribution is 0.0953. The minimum atomic E-state index is -0.319. The van der Waals surface area contributed by atoms with Crippen LogP contribution in [0.25, 0.3) is 10.9 Å². The average molecular weight is 307 g/mol. The number of amides is 1. The van der Waals surface area contributed by atoms with Gasteiger partial charge in [0.2, 0.25) is 0 Å². The Morgan fingerprint density at radius 3 is 2.52 bits per heavy atom. The fraction of sp³-hybridized carbons (Fsp3) is 0.0588. The highest BCUT2D eigenvalue weighted by Crippen LogP contribution is 2.23. The fourth-order valence-corrected chi connectivity index (χ4v) is 2.34. The van der Waals surface area contributed by atoms with E-state index in [-0.39, 0.29) is 5.91 Å². The minimum absolute atomic E-state index is 0.319. The summed E-state index contributed by atoms with van der Waals surface area (Å²) in [6, 6.07) is 16.9. The van der Waals surface area contributed by atoms with E-state index >= 15 is 0 Å². The number of rotatable bonds is 4. The molecule has 6 nitrogen and oxygen atoms in total. The van der Waals surface area contributed by atoms with Crippen LogP contribution < -0.4 is 22.1 Å². The molecule has 1 amide bonds. The number of aryl methyl sites for hydroxylation is 1. The highest BCUT2D eigenvalue weighted by atomic mass is 16.2. The summed E-state index contributed by atoms with van der Waals surface area (Å²) in [7, 11) is 0. The Morgan fingerprint density at radius 1 is 1.04 bits per heavy atom. The predicted octanol–water partition coefficient (Wildman–Crippen LogP) is 2.59. The van der Waals surface area contributed by atoms with Crippen LogP contribution in [-0.2, 0) is 0 Å². The summed E-state index contributed by atoms with van der Waals surface area (Å²) in [5, 5.41) is 1.03. The van der Waals surface area contributed by atoms with E-state index in [4.69, 9.17) is 5.84 Å². The van der Waals surface area contributed by atoms with Crippen molar-refractivity contribution in [3.63, 3.8) is 0 Å². The van der Waals surface area contributed by atoms with Gasteiger partial charge in [-0.25, -0.2) is 5.84 Å². The number of fused-ring (bicyclic) bond motifs is 1. The van der Waals surface area contributed by atoms with Crippen molar-refractivity contribution in [3.05, 3.63) is 65.9 Å². The van der Waals surface area contributed by atoms with Crippen molar-refractivity contribution in [3.8, 4) is 0 Å². The second kappa shape index (κ2) is 6.33. The van der Waals surface area contributed by atoms with Crippen molar-refractivity contribution < 1.29 is 4.79 Å². The molecule has 116 valence electrons. The van der Waals surface area contributed by atoms with Crippen molar-refractivity contribution in [2.24, 2.45) is 5.84 Å². The topological polar surface area (TPSA) is 92.1 Å². The van der Waals surface area contributed by atoms with Crippen molar-refractivity contribution in [2.75, 3.05) is 10.9 Å². The van der Waals surface area contributed by atoms with Gasteiger partial charge < -0.3 is 10.9 Å². The van der Waals surface area contributed by atoms with E-state index in [2.05, 4.69) is 21.3 Å². The molecule has 2 aromatic carbocycles. The second-order valence-corrected chi connectivity index (χ2v) is 5.13. The molecule has 23 heavy (non-hydrogen) atoms. The summed E-state index contributed by atoms with van der Waals surface area (Å²) in [6.07, 6.45) is 0.